The lowest BCUT2D eigenvalue weighted by atomic mass is 9.95. The normalized spacial score (nSPS) is 22.6. The second-order valence-electron chi connectivity index (χ2n) is 5.70. The van der Waals surface area contributed by atoms with Gasteiger partial charge in [0.2, 0.25) is 11.8 Å². The monoisotopic (exact) mass is 352 g/mol. The number of para-hydroxylation sites is 1. The Balaban J connectivity index is 2.46. The van der Waals surface area contributed by atoms with Crippen molar-refractivity contribution < 1.29 is 9.59 Å². The zero-order valence-corrected chi connectivity index (χ0v) is 14.2. The van der Waals surface area contributed by atoms with Gasteiger partial charge in [-0.3, -0.25) is 14.5 Å². The zero-order valence-electron chi connectivity index (χ0n) is 12.6. The van der Waals surface area contributed by atoms with Crippen LogP contribution in [0.4, 0.5) is 5.69 Å². The van der Waals surface area contributed by atoms with Crippen molar-refractivity contribution in [1.82, 2.24) is 5.32 Å². The van der Waals surface area contributed by atoms with Gasteiger partial charge >= 0.3 is 0 Å². The molecule has 2 unspecified atom stereocenters. The molecule has 1 fully saturated rings. The summed E-state index contributed by atoms with van der Waals surface area (Å²) >= 11 is 3.49. The van der Waals surface area contributed by atoms with Crippen LogP contribution in [0.15, 0.2) is 28.7 Å². The summed E-state index contributed by atoms with van der Waals surface area (Å²) in [7, 11) is 0. The van der Waals surface area contributed by atoms with Gasteiger partial charge in [0.25, 0.3) is 0 Å². The van der Waals surface area contributed by atoms with E-state index in [1.54, 1.807) is 4.90 Å². The lowest BCUT2D eigenvalue weighted by Gasteiger charge is -2.41. The SMILES string of the molecule is CCCC1NC(=O)C(C(C)C)N(c2ccccc2Br)C1=O. The summed E-state index contributed by atoms with van der Waals surface area (Å²) in [5.41, 5.74) is 0.761. The first kappa shape index (κ1) is 16.0. The van der Waals surface area contributed by atoms with Crippen molar-refractivity contribution in [3.63, 3.8) is 0 Å². The summed E-state index contributed by atoms with van der Waals surface area (Å²) in [6.07, 6.45) is 1.52. The average molecular weight is 353 g/mol. The third-order valence-corrected chi connectivity index (χ3v) is 4.39. The predicted octanol–water partition coefficient (Wildman–Crippen LogP) is 3.11. The Kier molecular flexibility index (Phi) is 5.04. The van der Waals surface area contributed by atoms with Crippen molar-refractivity contribution in [2.75, 3.05) is 4.90 Å². The molecule has 5 heteroatoms. The number of nitrogens with zero attached hydrogens (tertiary/aromatic N) is 1. The minimum Gasteiger partial charge on any atom is -0.342 e. The molecule has 1 aliphatic heterocycles. The van der Waals surface area contributed by atoms with Gasteiger partial charge in [0.15, 0.2) is 0 Å². The van der Waals surface area contributed by atoms with Gasteiger partial charge in [-0.2, -0.15) is 0 Å². The Bertz CT molecular complexity index is 545. The fourth-order valence-corrected chi connectivity index (χ4v) is 3.22. The molecule has 1 aromatic rings. The van der Waals surface area contributed by atoms with E-state index < -0.39 is 12.1 Å². The Hall–Kier alpha value is -1.36. The van der Waals surface area contributed by atoms with E-state index in [0.717, 1.165) is 16.6 Å². The quantitative estimate of drug-likeness (QED) is 0.904. The molecule has 1 saturated heterocycles. The molecule has 21 heavy (non-hydrogen) atoms. The maximum atomic E-state index is 12.8. The molecule has 0 spiro atoms. The molecule has 2 atom stereocenters. The van der Waals surface area contributed by atoms with Crippen molar-refractivity contribution in [2.24, 2.45) is 5.92 Å². The third-order valence-electron chi connectivity index (χ3n) is 3.72. The molecule has 0 aromatic heterocycles. The predicted molar refractivity (Wildman–Crippen MR) is 87.1 cm³/mol. The van der Waals surface area contributed by atoms with Gasteiger partial charge in [-0.1, -0.05) is 39.3 Å². The van der Waals surface area contributed by atoms with Crippen molar-refractivity contribution >= 4 is 33.4 Å². The van der Waals surface area contributed by atoms with Crippen LogP contribution >= 0.6 is 15.9 Å². The van der Waals surface area contributed by atoms with Gasteiger partial charge in [0, 0.05) is 4.47 Å². The third kappa shape index (κ3) is 3.12. The molecular weight excluding hydrogens is 332 g/mol. The molecule has 0 saturated carbocycles. The lowest BCUT2D eigenvalue weighted by molar-refractivity contribution is -0.135. The molecular formula is C16H21BrN2O2. The highest BCUT2D eigenvalue weighted by Crippen LogP contribution is 2.32. The molecule has 0 radical (unpaired) electrons. The Labute approximate surface area is 134 Å². The summed E-state index contributed by atoms with van der Waals surface area (Å²) in [6.45, 7) is 5.93. The van der Waals surface area contributed by atoms with E-state index in [1.165, 1.54) is 0 Å². The lowest BCUT2D eigenvalue weighted by Crippen LogP contribution is -2.65. The molecule has 1 heterocycles. The summed E-state index contributed by atoms with van der Waals surface area (Å²) in [4.78, 5) is 26.9. The number of halogens is 1. The van der Waals surface area contributed by atoms with E-state index in [-0.39, 0.29) is 17.7 Å². The Morgan fingerprint density at radius 1 is 1.29 bits per heavy atom. The zero-order chi connectivity index (χ0) is 15.6. The number of rotatable bonds is 4. The fourth-order valence-electron chi connectivity index (χ4n) is 2.74. The van der Waals surface area contributed by atoms with Crippen molar-refractivity contribution in [3.8, 4) is 0 Å². The van der Waals surface area contributed by atoms with E-state index >= 15 is 0 Å². The standard InChI is InChI=1S/C16H21BrN2O2/c1-4-7-12-16(21)19(13-9-6-5-8-11(13)17)14(10(2)3)15(20)18-12/h5-6,8-10,12,14H,4,7H2,1-3H3,(H,18,20). The number of amides is 2. The topological polar surface area (TPSA) is 49.4 Å². The summed E-state index contributed by atoms with van der Waals surface area (Å²) in [6, 6.07) is 6.65. The highest BCUT2D eigenvalue weighted by molar-refractivity contribution is 9.10. The smallest absolute Gasteiger partial charge is 0.250 e. The molecule has 1 N–H and O–H groups in total. The first-order valence-electron chi connectivity index (χ1n) is 7.35. The molecule has 0 aliphatic carbocycles. The molecule has 2 rings (SSSR count). The highest BCUT2D eigenvalue weighted by Gasteiger charge is 2.42. The number of piperazine rings is 1. The van der Waals surface area contributed by atoms with Gasteiger partial charge in [-0.15, -0.1) is 0 Å². The van der Waals surface area contributed by atoms with Crippen LogP contribution in [0.2, 0.25) is 0 Å². The summed E-state index contributed by atoms with van der Waals surface area (Å²) in [5.74, 6) is -0.0514. The molecule has 1 aromatic carbocycles. The molecule has 0 bridgehead atoms. The fraction of sp³-hybridized carbons (Fsp3) is 0.500. The Morgan fingerprint density at radius 2 is 1.95 bits per heavy atom. The second-order valence-corrected chi connectivity index (χ2v) is 6.55. The van der Waals surface area contributed by atoms with Crippen molar-refractivity contribution in [3.05, 3.63) is 28.7 Å². The van der Waals surface area contributed by atoms with Gasteiger partial charge in [0.1, 0.15) is 12.1 Å². The highest BCUT2D eigenvalue weighted by atomic mass is 79.9. The van der Waals surface area contributed by atoms with E-state index in [9.17, 15) is 9.59 Å². The maximum Gasteiger partial charge on any atom is 0.250 e. The summed E-state index contributed by atoms with van der Waals surface area (Å²) < 4.78 is 0.828. The van der Waals surface area contributed by atoms with Gasteiger partial charge in [-0.25, -0.2) is 0 Å². The van der Waals surface area contributed by atoms with Crippen LogP contribution in [0, 0.1) is 5.92 Å². The van der Waals surface area contributed by atoms with E-state index in [4.69, 9.17) is 0 Å². The van der Waals surface area contributed by atoms with Crippen LogP contribution in [-0.4, -0.2) is 23.9 Å². The van der Waals surface area contributed by atoms with E-state index in [1.807, 2.05) is 45.0 Å². The second kappa shape index (κ2) is 6.60. The minimum atomic E-state index is -0.468. The van der Waals surface area contributed by atoms with Gasteiger partial charge in [-0.05, 0) is 40.4 Å². The average Bonchev–Trinajstić information content (AvgIpc) is 2.43. The van der Waals surface area contributed by atoms with E-state index in [0.29, 0.717) is 6.42 Å². The van der Waals surface area contributed by atoms with Crippen molar-refractivity contribution in [2.45, 2.75) is 45.7 Å². The van der Waals surface area contributed by atoms with Crippen LogP contribution < -0.4 is 10.2 Å². The minimum absolute atomic E-state index is 0.0259. The number of hydrogen-bond donors (Lipinski definition) is 1. The number of anilines is 1. The molecule has 2 amide bonds. The van der Waals surface area contributed by atoms with Crippen LogP contribution in [0.5, 0.6) is 0 Å². The molecule has 1 aliphatic rings. The van der Waals surface area contributed by atoms with Gasteiger partial charge < -0.3 is 5.32 Å². The first-order valence-corrected chi connectivity index (χ1v) is 8.14. The van der Waals surface area contributed by atoms with Crippen LogP contribution in [0.3, 0.4) is 0 Å². The molecule has 4 nitrogen and oxygen atoms in total. The summed E-state index contributed by atoms with van der Waals surface area (Å²) in [5, 5.41) is 2.87. The number of carbonyl (C=O) groups is 2. The number of benzene rings is 1. The van der Waals surface area contributed by atoms with Crippen LogP contribution in [-0.2, 0) is 9.59 Å². The number of hydrogen-bond acceptors (Lipinski definition) is 2. The molecule has 114 valence electrons. The van der Waals surface area contributed by atoms with Crippen molar-refractivity contribution in [1.29, 1.82) is 0 Å². The maximum absolute atomic E-state index is 12.8. The Morgan fingerprint density at radius 3 is 2.52 bits per heavy atom. The van der Waals surface area contributed by atoms with Crippen LogP contribution in [0.1, 0.15) is 33.6 Å². The van der Waals surface area contributed by atoms with Gasteiger partial charge in [0.05, 0.1) is 5.69 Å². The number of nitrogens with one attached hydrogen (secondary N) is 1. The van der Waals surface area contributed by atoms with Crippen LogP contribution in [0.25, 0.3) is 0 Å². The first-order chi connectivity index (χ1) is 9.97. The van der Waals surface area contributed by atoms with E-state index in [2.05, 4.69) is 21.2 Å². The largest absolute Gasteiger partial charge is 0.342 e. The number of carbonyl (C=O) groups excluding carboxylic acids is 2.